The number of aromatic nitrogens is 2. The van der Waals surface area contributed by atoms with E-state index in [1.807, 2.05) is 30.3 Å². The molecule has 1 N–H and O–H groups in total. The fourth-order valence-corrected chi connectivity index (χ4v) is 3.50. The van der Waals surface area contributed by atoms with Gasteiger partial charge in [0.2, 0.25) is 5.89 Å². The average Bonchev–Trinajstić information content (AvgIpc) is 3.07. The molecule has 7 heteroatoms. The van der Waals surface area contributed by atoms with Gasteiger partial charge in [-0.2, -0.15) is 0 Å². The maximum atomic E-state index is 10.0. The summed E-state index contributed by atoms with van der Waals surface area (Å²) in [6.07, 6.45) is 4.96. The van der Waals surface area contributed by atoms with Crippen molar-refractivity contribution in [3.63, 3.8) is 0 Å². The zero-order valence-electron chi connectivity index (χ0n) is 13.2. The molecule has 128 valence electrons. The second-order valence-corrected chi connectivity index (χ2v) is 7.14. The van der Waals surface area contributed by atoms with E-state index in [-0.39, 0.29) is 5.75 Å². The first-order chi connectivity index (χ1) is 12.6. The van der Waals surface area contributed by atoms with Crippen LogP contribution in [0.3, 0.4) is 0 Å². The molecule has 0 unspecified atom stereocenters. The van der Waals surface area contributed by atoms with Gasteiger partial charge >= 0.3 is 0 Å². The molecule has 0 aliphatic heterocycles. The van der Waals surface area contributed by atoms with Gasteiger partial charge in [-0.15, -0.1) is 0 Å². The first-order valence-corrected chi connectivity index (χ1v) is 9.09. The average molecular weight is 476 g/mol. The SMILES string of the molecule is Oc1c(Cl)cc(I)cc1C=Nc1ccc2oc(-c3ccncc3)nc2c1. The Morgan fingerprint density at radius 1 is 1.12 bits per heavy atom. The minimum atomic E-state index is 0.0123. The Morgan fingerprint density at radius 3 is 2.73 bits per heavy atom. The number of pyridine rings is 1. The minimum Gasteiger partial charge on any atom is -0.506 e. The standard InChI is InChI=1S/C19H11ClIN3O2/c20-15-8-13(21)7-12(18(15)25)10-23-14-1-2-17-16(9-14)24-19(26-17)11-3-5-22-6-4-11/h1-10,25H. The number of aromatic hydroxyl groups is 1. The van der Waals surface area contributed by atoms with Gasteiger partial charge in [0.15, 0.2) is 5.58 Å². The van der Waals surface area contributed by atoms with Gasteiger partial charge in [0, 0.05) is 33.3 Å². The second-order valence-electron chi connectivity index (χ2n) is 5.49. The van der Waals surface area contributed by atoms with Crippen molar-refractivity contribution < 1.29 is 9.52 Å². The van der Waals surface area contributed by atoms with Crippen LogP contribution in [0.2, 0.25) is 5.02 Å². The van der Waals surface area contributed by atoms with Crippen LogP contribution in [0.25, 0.3) is 22.6 Å². The van der Waals surface area contributed by atoms with Gasteiger partial charge in [0.25, 0.3) is 0 Å². The molecule has 4 rings (SSSR count). The number of phenols is 1. The Kier molecular flexibility index (Phi) is 4.60. The van der Waals surface area contributed by atoms with Crippen molar-refractivity contribution in [3.05, 3.63) is 69.0 Å². The third-order valence-electron chi connectivity index (χ3n) is 3.71. The monoisotopic (exact) mass is 475 g/mol. The largest absolute Gasteiger partial charge is 0.506 e. The molecule has 0 aliphatic carbocycles. The van der Waals surface area contributed by atoms with E-state index in [9.17, 15) is 5.11 Å². The fraction of sp³-hybridized carbons (Fsp3) is 0. The molecule has 0 amide bonds. The predicted molar refractivity (Wildman–Crippen MR) is 110 cm³/mol. The summed E-state index contributed by atoms with van der Waals surface area (Å²) in [5.41, 5.74) is 3.49. The molecule has 2 aromatic heterocycles. The summed E-state index contributed by atoms with van der Waals surface area (Å²) in [6.45, 7) is 0. The Labute approximate surface area is 167 Å². The lowest BCUT2D eigenvalue weighted by Crippen LogP contribution is -1.85. The maximum Gasteiger partial charge on any atom is 0.227 e. The van der Waals surface area contributed by atoms with E-state index >= 15 is 0 Å². The molecule has 0 bridgehead atoms. The smallest absolute Gasteiger partial charge is 0.227 e. The summed E-state index contributed by atoms with van der Waals surface area (Å²) in [7, 11) is 0. The molecule has 4 aromatic rings. The molecule has 0 spiro atoms. The zero-order valence-corrected chi connectivity index (χ0v) is 16.1. The van der Waals surface area contributed by atoms with Gasteiger partial charge in [-0.05, 0) is 65.1 Å². The quantitative estimate of drug-likeness (QED) is 0.309. The van der Waals surface area contributed by atoms with Crippen molar-refractivity contribution in [2.45, 2.75) is 0 Å². The molecule has 0 saturated heterocycles. The number of oxazole rings is 1. The Bertz CT molecular complexity index is 1130. The summed E-state index contributed by atoms with van der Waals surface area (Å²) >= 11 is 8.13. The first kappa shape index (κ1) is 17.0. The number of phenolic OH excluding ortho intramolecular Hbond substituents is 1. The van der Waals surface area contributed by atoms with E-state index in [2.05, 4.69) is 37.6 Å². The van der Waals surface area contributed by atoms with Crippen molar-refractivity contribution in [2.24, 2.45) is 4.99 Å². The molecule has 0 fully saturated rings. The molecule has 5 nitrogen and oxygen atoms in total. The molecular formula is C19H11ClIN3O2. The summed E-state index contributed by atoms with van der Waals surface area (Å²) in [5, 5.41) is 10.3. The number of benzene rings is 2. The third-order valence-corrected chi connectivity index (χ3v) is 4.62. The van der Waals surface area contributed by atoms with Crippen LogP contribution in [0.5, 0.6) is 5.75 Å². The minimum absolute atomic E-state index is 0.0123. The molecule has 0 radical (unpaired) electrons. The predicted octanol–water partition coefficient (Wildman–Crippen LogP) is 5.60. The number of hydrogen-bond acceptors (Lipinski definition) is 5. The number of aliphatic imine (C=N–C) groups is 1. The zero-order chi connectivity index (χ0) is 18.1. The maximum absolute atomic E-state index is 10.0. The highest BCUT2D eigenvalue weighted by molar-refractivity contribution is 14.1. The van der Waals surface area contributed by atoms with Crippen molar-refractivity contribution in [1.82, 2.24) is 9.97 Å². The summed E-state index contributed by atoms with van der Waals surface area (Å²) in [6, 6.07) is 12.7. The lowest BCUT2D eigenvalue weighted by molar-refractivity contribution is 0.474. The first-order valence-electron chi connectivity index (χ1n) is 7.63. The highest BCUT2D eigenvalue weighted by atomic mass is 127. The molecule has 0 saturated carbocycles. The van der Waals surface area contributed by atoms with E-state index in [1.165, 1.54) is 0 Å². The summed E-state index contributed by atoms with van der Waals surface area (Å²) < 4.78 is 6.69. The summed E-state index contributed by atoms with van der Waals surface area (Å²) in [5.74, 6) is 0.545. The van der Waals surface area contributed by atoms with Crippen LogP contribution < -0.4 is 0 Å². The normalized spacial score (nSPS) is 11.5. The van der Waals surface area contributed by atoms with Crippen LogP contribution in [0.4, 0.5) is 5.69 Å². The van der Waals surface area contributed by atoms with Crippen LogP contribution in [-0.2, 0) is 0 Å². The van der Waals surface area contributed by atoms with Crippen LogP contribution in [0.1, 0.15) is 5.56 Å². The third kappa shape index (κ3) is 3.42. The lowest BCUT2D eigenvalue weighted by Gasteiger charge is -2.02. The van der Waals surface area contributed by atoms with Gasteiger partial charge in [0.05, 0.1) is 10.7 Å². The van der Waals surface area contributed by atoms with Gasteiger partial charge in [0.1, 0.15) is 11.3 Å². The van der Waals surface area contributed by atoms with E-state index in [0.717, 1.165) is 9.13 Å². The summed E-state index contributed by atoms with van der Waals surface area (Å²) in [4.78, 5) is 12.9. The van der Waals surface area contributed by atoms with E-state index in [0.29, 0.717) is 33.3 Å². The number of nitrogens with zero attached hydrogens (tertiary/aromatic N) is 3. The topological polar surface area (TPSA) is 71.5 Å². The Hall–Kier alpha value is -2.45. The molecule has 0 atom stereocenters. The molecule has 0 aliphatic rings. The van der Waals surface area contributed by atoms with E-state index < -0.39 is 0 Å². The Morgan fingerprint density at radius 2 is 1.92 bits per heavy atom. The van der Waals surface area contributed by atoms with Crippen LogP contribution in [-0.4, -0.2) is 21.3 Å². The number of hydrogen-bond donors (Lipinski definition) is 1. The van der Waals surface area contributed by atoms with Gasteiger partial charge in [-0.3, -0.25) is 9.98 Å². The molecule has 26 heavy (non-hydrogen) atoms. The molecule has 2 heterocycles. The number of halogens is 2. The molecular weight excluding hydrogens is 465 g/mol. The van der Waals surface area contributed by atoms with Gasteiger partial charge < -0.3 is 9.52 Å². The van der Waals surface area contributed by atoms with Crippen molar-refractivity contribution >= 4 is 57.2 Å². The fourth-order valence-electron chi connectivity index (χ4n) is 2.44. The van der Waals surface area contributed by atoms with E-state index in [1.54, 1.807) is 30.7 Å². The van der Waals surface area contributed by atoms with Crippen LogP contribution >= 0.6 is 34.2 Å². The van der Waals surface area contributed by atoms with Gasteiger partial charge in [-0.25, -0.2) is 4.98 Å². The van der Waals surface area contributed by atoms with E-state index in [4.69, 9.17) is 16.0 Å². The second kappa shape index (κ2) is 7.05. The van der Waals surface area contributed by atoms with Crippen molar-refractivity contribution in [2.75, 3.05) is 0 Å². The van der Waals surface area contributed by atoms with Crippen LogP contribution in [0.15, 0.2) is 64.3 Å². The van der Waals surface area contributed by atoms with Crippen molar-refractivity contribution in [3.8, 4) is 17.2 Å². The highest BCUT2D eigenvalue weighted by Gasteiger charge is 2.09. The number of fused-ring (bicyclic) bond motifs is 1. The highest BCUT2D eigenvalue weighted by Crippen LogP contribution is 2.30. The number of rotatable bonds is 3. The van der Waals surface area contributed by atoms with Crippen LogP contribution in [0, 0.1) is 3.57 Å². The Balaban J connectivity index is 1.68. The lowest BCUT2D eigenvalue weighted by atomic mass is 10.2. The molecule has 2 aromatic carbocycles. The van der Waals surface area contributed by atoms with Gasteiger partial charge in [-0.1, -0.05) is 11.6 Å². The van der Waals surface area contributed by atoms with Crippen molar-refractivity contribution in [1.29, 1.82) is 0 Å².